The summed E-state index contributed by atoms with van der Waals surface area (Å²) in [6.45, 7) is 4.34. The first kappa shape index (κ1) is 26.4. The smallest absolute Gasteiger partial charge is 0.379 e. The number of amides is 2. The van der Waals surface area contributed by atoms with E-state index in [0.717, 1.165) is 42.9 Å². The van der Waals surface area contributed by atoms with Gasteiger partial charge in [0, 0.05) is 42.8 Å². The molecule has 0 atom stereocenters. The summed E-state index contributed by atoms with van der Waals surface area (Å²) in [5, 5.41) is 13.4. The minimum atomic E-state index is -4.54. The number of aromatic nitrogens is 2. The quantitative estimate of drug-likeness (QED) is 0.321. The van der Waals surface area contributed by atoms with Crippen molar-refractivity contribution in [1.82, 2.24) is 20.4 Å². The van der Waals surface area contributed by atoms with Crippen molar-refractivity contribution in [1.29, 1.82) is 0 Å². The number of rotatable bonds is 7. The number of morpholine rings is 1. The molecule has 1 aliphatic rings. The number of aromatic amines is 1. The van der Waals surface area contributed by atoms with Crippen molar-refractivity contribution >= 4 is 28.4 Å². The monoisotopic (exact) mass is 537 g/mol. The molecule has 39 heavy (non-hydrogen) atoms. The van der Waals surface area contributed by atoms with E-state index in [9.17, 15) is 22.8 Å². The second-order valence-electron chi connectivity index (χ2n) is 9.16. The Hall–Kier alpha value is -4.22. The summed E-state index contributed by atoms with van der Waals surface area (Å²) in [6, 6.07) is 16.7. The van der Waals surface area contributed by atoms with Gasteiger partial charge >= 0.3 is 6.18 Å². The number of halogens is 3. The molecule has 5 rings (SSSR count). The molecule has 0 radical (unpaired) electrons. The summed E-state index contributed by atoms with van der Waals surface area (Å²) < 4.78 is 44.4. The number of ether oxygens (including phenoxy) is 1. The minimum Gasteiger partial charge on any atom is -0.379 e. The first-order valence-electron chi connectivity index (χ1n) is 12.4. The Morgan fingerprint density at radius 3 is 2.51 bits per heavy atom. The highest BCUT2D eigenvalue weighted by molar-refractivity contribution is 6.06. The molecule has 2 amide bonds. The minimum absolute atomic E-state index is 0.0927. The number of fused-ring (bicyclic) bond motifs is 1. The Labute approximate surface area is 222 Å². The number of H-pyrrole nitrogens is 1. The fraction of sp³-hybridized carbons (Fsp3) is 0.250. The number of carbonyl (C=O) groups is 2. The van der Waals surface area contributed by atoms with Crippen molar-refractivity contribution in [3.8, 4) is 11.1 Å². The van der Waals surface area contributed by atoms with Gasteiger partial charge in [0.25, 0.3) is 11.8 Å². The van der Waals surface area contributed by atoms with Crippen LogP contribution >= 0.6 is 0 Å². The molecule has 202 valence electrons. The van der Waals surface area contributed by atoms with Crippen LogP contribution in [0.25, 0.3) is 22.0 Å². The molecule has 0 spiro atoms. The number of nitrogens with zero attached hydrogens (tertiary/aromatic N) is 2. The van der Waals surface area contributed by atoms with E-state index >= 15 is 0 Å². The maximum atomic E-state index is 13.0. The normalized spacial score (nSPS) is 14.3. The average Bonchev–Trinajstić information content (AvgIpc) is 3.37. The lowest BCUT2D eigenvalue weighted by Crippen LogP contribution is -2.41. The van der Waals surface area contributed by atoms with Crippen LogP contribution in [0.2, 0.25) is 0 Å². The number of anilines is 1. The summed E-state index contributed by atoms with van der Waals surface area (Å²) in [6.07, 6.45) is -4.54. The van der Waals surface area contributed by atoms with Crippen molar-refractivity contribution in [2.24, 2.45) is 0 Å². The van der Waals surface area contributed by atoms with E-state index in [0.29, 0.717) is 42.0 Å². The number of nitrogens with one attached hydrogen (secondary N) is 3. The fourth-order valence-corrected chi connectivity index (χ4v) is 4.42. The lowest BCUT2D eigenvalue weighted by Gasteiger charge is -2.26. The van der Waals surface area contributed by atoms with Gasteiger partial charge in [0.1, 0.15) is 0 Å². The average molecular weight is 538 g/mol. The maximum absolute atomic E-state index is 13.0. The summed E-state index contributed by atoms with van der Waals surface area (Å²) in [7, 11) is 0. The van der Waals surface area contributed by atoms with Gasteiger partial charge in [-0.3, -0.25) is 19.6 Å². The lowest BCUT2D eigenvalue weighted by molar-refractivity contribution is -0.137. The molecule has 0 aliphatic carbocycles. The van der Waals surface area contributed by atoms with Crippen molar-refractivity contribution in [2.75, 3.05) is 44.7 Å². The zero-order valence-corrected chi connectivity index (χ0v) is 20.8. The highest BCUT2D eigenvalue weighted by atomic mass is 19.4. The van der Waals surface area contributed by atoms with Crippen LogP contribution in [0.3, 0.4) is 0 Å². The van der Waals surface area contributed by atoms with Gasteiger partial charge in [0.15, 0.2) is 5.69 Å². The van der Waals surface area contributed by atoms with Crippen LogP contribution in [0, 0.1) is 0 Å². The Kier molecular flexibility index (Phi) is 7.62. The summed E-state index contributed by atoms with van der Waals surface area (Å²) in [5.41, 5.74) is 2.00. The van der Waals surface area contributed by atoms with Crippen LogP contribution in [-0.2, 0) is 10.9 Å². The Morgan fingerprint density at radius 1 is 0.949 bits per heavy atom. The van der Waals surface area contributed by atoms with E-state index in [4.69, 9.17) is 4.74 Å². The number of hydrogen-bond acceptors (Lipinski definition) is 5. The second-order valence-corrected chi connectivity index (χ2v) is 9.16. The Bertz CT molecular complexity index is 1500. The topological polar surface area (TPSA) is 99.3 Å². The molecule has 8 nitrogen and oxygen atoms in total. The standard InChI is InChI=1S/C28H26F3N5O3/c29-28(30,31)21-5-1-4-20(15-21)26(37)33-22-6-2-3-18(16-22)19-7-8-23-24(17-19)34-35-25(23)27(38)32-9-10-36-11-13-39-14-12-36/h1-8,15-17H,9-14H2,(H,32,38)(H,33,37)(H,34,35). The van der Waals surface area contributed by atoms with Crippen LogP contribution in [0.15, 0.2) is 66.7 Å². The molecule has 0 bridgehead atoms. The summed E-state index contributed by atoms with van der Waals surface area (Å²) in [5.74, 6) is -0.909. The van der Waals surface area contributed by atoms with Gasteiger partial charge in [-0.05, 0) is 53.6 Å². The number of alkyl halides is 3. The summed E-state index contributed by atoms with van der Waals surface area (Å²) in [4.78, 5) is 27.6. The highest BCUT2D eigenvalue weighted by Crippen LogP contribution is 2.30. The molecule has 1 aromatic heterocycles. The number of hydrogen-bond donors (Lipinski definition) is 3. The second kappa shape index (κ2) is 11.3. The van der Waals surface area contributed by atoms with E-state index in [1.165, 1.54) is 12.1 Å². The van der Waals surface area contributed by atoms with Crippen LogP contribution in [0.1, 0.15) is 26.4 Å². The van der Waals surface area contributed by atoms with Crippen molar-refractivity contribution in [3.05, 3.63) is 83.6 Å². The molecule has 0 unspecified atom stereocenters. The van der Waals surface area contributed by atoms with Crippen molar-refractivity contribution in [3.63, 3.8) is 0 Å². The third-order valence-corrected chi connectivity index (χ3v) is 6.50. The van der Waals surface area contributed by atoms with Crippen molar-refractivity contribution < 1.29 is 27.5 Å². The molecular weight excluding hydrogens is 511 g/mol. The molecular formula is C28H26F3N5O3. The molecule has 1 saturated heterocycles. The van der Waals surface area contributed by atoms with Crippen LogP contribution in [0.4, 0.5) is 18.9 Å². The van der Waals surface area contributed by atoms with Crippen LogP contribution in [-0.4, -0.2) is 66.3 Å². The lowest BCUT2D eigenvalue weighted by atomic mass is 10.0. The highest BCUT2D eigenvalue weighted by Gasteiger charge is 2.31. The van der Waals surface area contributed by atoms with Gasteiger partial charge in [-0.15, -0.1) is 0 Å². The molecule has 3 aromatic carbocycles. The molecule has 11 heteroatoms. The van der Waals surface area contributed by atoms with Gasteiger partial charge in [-0.2, -0.15) is 18.3 Å². The zero-order valence-electron chi connectivity index (χ0n) is 20.8. The molecule has 1 fully saturated rings. The predicted molar refractivity (Wildman–Crippen MR) is 141 cm³/mol. The van der Waals surface area contributed by atoms with E-state index < -0.39 is 17.6 Å². The third-order valence-electron chi connectivity index (χ3n) is 6.50. The molecule has 0 saturated carbocycles. The summed E-state index contributed by atoms with van der Waals surface area (Å²) >= 11 is 0. The van der Waals surface area contributed by atoms with E-state index in [2.05, 4.69) is 25.7 Å². The predicted octanol–water partition coefficient (Wildman–Crippen LogP) is 4.56. The van der Waals surface area contributed by atoms with E-state index in [-0.39, 0.29) is 11.5 Å². The van der Waals surface area contributed by atoms with Crippen LogP contribution < -0.4 is 10.6 Å². The SMILES string of the molecule is O=C(Nc1cccc(-c2ccc3c(C(=O)NCCN4CCOCC4)n[nH]c3c2)c1)c1cccc(C(F)(F)F)c1. The molecule has 3 N–H and O–H groups in total. The van der Waals surface area contributed by atoms with Gasteiger partial charge < -0.3 is 15.4 Å². The first-order valence-corrected chi connectivity index (χ1v) is 12.4. The van der Waals surface area contributed by atoms with E-state index in [1.807, 2.05) is 18.2 Å². The Morgan fingerprint density at radius 2 is 1.72 bits per heavy atom. The van der Waals surface area contributed by atoms with Gasteiger partial charge in [0.2, 0.25) is 0 Å². The molecule has 4 aromatic rings. The third kappa shape index (κ3) is 6.27. The van der Waals surface area contributed by atoms with Gasteiger partial charge in [-0.1, -0.05) is 24.3 Å². The fourth-order valence-electron chi connectivity index (χ4n) is 4.42. The van der Waals surface area contributed by atoms with Crippen LogP contribution in [0.5, 0.6) is 0 Å². The first-order chi connectivity index (χ1) is 18.8. The van der Waals surface area contributed by atoms with Crippen molar-refractivity contribution in [2.45, 2.75) is 6.18 Å². The van der Waals surface area contributed by atoms with Gasteiger partial charge in [-0.25, -0.2) is 0 Å². The Balaban J connectivity index is 1.27. The zero-order chi connectivity index (χ0) is 27.4. The number of carbonyl (C=O) groups excluding carboxylic acids is 2. The van der Waals surface area contributed by atoms with Gasteiger partial charge in [0.05, 0.1) is 24.3 Å². The number of benzene rings is 3. The van der Waals surface area contributed by atoms with E-state index in [1.54, 1.807) is 24.3 Å². The maximum Gasteiger partial charge on any atom is 0.416 e. The molecule has 2 heterocycles. The largest absolute Gasteiger partial charge is 0.416 e. The molecule has 1 aliphatic heterocycles.